The fraction of sp³-hybridized carbons (Fsp3) is 0.429. The number of hydrogen-bond acceptors (Lipinski definition) is 2. The van der Waals surface area contributed by atoms with Gasteiger partial charge in [0.2, 0.25) is 5.91 Å². The minimum atomic E-state index is -4.46. The summed E-state index contributed by atoms with van der Waals surface area (Å²) >= 11 is 0. The van der Waals surface area contributed by atoms with Gasteiger partial charge in [0.1, 0.15) is 5.41 Å². The van der Waals surface area contributed by atoms with Gasteiger partial charge in [0.25, 0.3) is 0 Å². The summed E-state index contributed by atoms with van der Waals surface area (Å²) in [6.07, 6.45) is -2.78. The second-order valence-electron chi connectivity index (χ2n) is 5.03. The van der Waals surface area contributed by atoms with Crippen LogP contribution in [0.15, 0.2) is 18.2 Å². The van der Waals surface area contributed by atoms with E-state index in [1.807, 2.05) is 6.07 Å². The Hall–Kier alpha value is -2.03. The number of amides is 1. The topological polar surface area (TPSA) is 52.9 Å². The molecular formula is C14H13F3N2O. The Balaban J connectivity index is 2.23. The number of halogens is 3. The minimum absolute atomic E-state index is 0.0643. The summed E-state index contributed by atoms with van der Waals surface area (Å²) < 4.78 is 38.3. The molecule has 0 radical (unpaired) electrons. The molecule has 1 fully saturated rings. The van der Waals surface area contributed by atoms with Crippen LogP contribution >= 0.6 is 0 Å². The third-order valence-electron chi connectivity index (χ3n) is 3.66. The molecule has 0 heterocycles. The molecule has 0 spiro atoms. The van der Waals surface area contributed by atoms with Crippen molar-refractivity contribution in [1.29, 1.82) is 5.26 Å². The van der Waals surface area contributed by atoms with Crippen LogP contribution in [-0.2, 0) is 11.0 Å². The lowest BCUT2D eigenvalue weighted by atomic mass is 9.69. The Morgan fingerprint density at radius 1 is 1.40 bits per heavy atom. The average Bonchev–Trinajstić information content (AvgIpc) is 2.29. The SMILES string of the molecule is Cc1ccc(NC(=O)C2(C#N)CCC2)cc1C(F)(F)F. The quantitative estimate of drug-likeness (QED) is 0.900. The molecule has 0 atom stereocenters. The standard InChI is InChI=1S/C14H13F3N2O/c1-9-3-4-10(7-11(9)14(15,16)17)19-12(20)13(8-18)5-2-6-13/h3-4,7H,2,5-6H2,1H3,(H,19,20). The van der Waals surface area contributed by atoms with Crippen molar-refractivity contribution in [3.8, 4) is 6.07 Å². The first kappa shape index (κ1) is 14.4. The molecule has 0 bridgehead atoms. The van der Waals surface area contributed by atoms with Gasteiger partial charge in [-0.3, -0.25) is 4.79 Å². The summed E-state index contributed by atoms with van der Waals surface area (Å²) in [7, 11) is 0. The van der Waals surface area contributed by atoms with Crippen LogP contribution in [0.25, 0.3) is 0 Å². The number of nitriles is 1. The van der Waals surface area contributed by atoms with E-state index in [-0.39, 0.29) is 11.3 Å². The number of nitrogens with zero attached hydrogens (tertiary/aromatic N) is 1. The molecule has 0 aliphatic heterocycles. The van der Waals surface area contributed by atoms with Crippen molar-refractivity contribution in [2.45, 2.75) is 32.4 Å². The number of hydrogen-bond donors (Lipinski definition) is 1. The maximum Gasteiger partial charge on any atom is 0.416 e. The molecule has 1 aliphatic rings. The van der Waals surface area contributed by atoms with Gasteiger partial charge < -0.3 is 5.32 Å². The van der Waals surface area contributed by atoms with Crippen molar-refractivity contribution in [2.75, 3.05) is 5.32 Å². The van der Waals surface area contributed by atoms with Gasteiger partial charge in [0, 0.05) is 5.69 Å². The Morgan fingerprint density at radius 2 is 2.05 bits per heavy atom. The highest BCUT2D eigenvalue weighted by Crippen LogP contribution is 2.41. The lowest BCUT2D eigenvalue weighted by Gasteiger charge is -2.33. The molecule has 20 heavy (non-hydrogen) atoms. The zero-order valence-electron chi connectivity index (χ0n) is 10.8. The molecule has 1 amide bonds. The van der Waals surface area contributed by atoms with E-state index < -0.39 is 23.1 Å². The van der Waals surface area contributed by atoms with Gasteiger partial charge in [-0.2, -0.15) is 18.4 Å². The van der Waals surface area contributed by atoms with Gasteiger partial charge >= 0.3 is 6.18 Å². The summed E-state index contributed by atoms with van der Waals surface area (Å²) in [6.45, 7) is 1.36. The fourth-order valence-corrected chi connectivity index (χ4v) is 2.18. The number of benzene rings is 1. The zero-order valence-corrected chi connectivity index (χ0v) is 10.8. The van der Waals surface area contributed by atoms with Crippen molar-refractivity contribution >= 4 is 11.6 Å². The van der Waals surface area contributed by atoms with E-state index in [4.69, 9.17) is 5.26 Å². The Bertz CT molecular complexity index is 583. The molecule has 106 valence electrons. The van der Waals surface area contributed by atoms with Gasteiger partial charge in [-0.1, -0.05) is 6.07 Å². The average molecular weight is 282 g/mol. The predicted molar refractivity (Wildman–Crippen MR) is 66.7 cm³/mol. The van der Waals surface area contributed by atoms with Crippen LogP contribution in [0.4, 0.5) is 18.9 Å². The number of carbonyl (C=O) groups excluding carboxylic acids is 1. The molecular weight excluding hydrogens is 269 g/mol. The third-order valence-corrected chi connectivity index (χ3v) is 3.66. The van der Waals surface area contributed by atoms with Crippen LogP contribution in [0.2, 0.25) is 0 Å². The van der Waals surface area contributed by atoms with Crippen molar-refractivity contribution in [1.82, 2.24) is 0 Å². The fourth-order valence-electron chi connectivity index (χ4n) is 2.18. The first-order chi connectivity index (χ1) is 9.28. The molecule has 6 heteroatoms. The van der Waals surface area contributed by atoms with Crippen LogP contribution in [0.5, 0.6) is 0 Å². The summed E-state index contributed by atoms with van der Waals surface area (Å²) in [4.78, 5) is 12.0. The monoisotopic (exact) mass is 282 g/mol. The van der Waals surface area contributed by atoms with E-state index in [2.05, 4.69) is 5.32 Å². The lowest BCUT2D eigenvalue weighted by molar-refractivity contribution is -0.138. The minimum Gasteiger partial charge on any atom is -0.325 e. The van der Waals surface area contributed by atoms with E-state index in [9.17, 15) is 18.0 Å². The van der Waals surface area contributed by atoms with Crippen LogP contribution < -0.4 is 5.32 Å². The number of nitrogens with one attached hydrogen (secondary N) is 1. The first-order valence-corrected chi connectivity index (χ1v) is 6.19. The summed E-state index contributed by atoms with van der Waals surface area (Å²) in [5.41, 5.74) is -1.71. The summed E-state index contributed by atoms with van der Waals surface area (Å²) in [6, 6.07) is 5.57. The molecule has 0 aromatic heterocycles. The highest BCUT2D eigenvalue weighted by Gasteiger charge is 2.44. The molecule has 1 aliphatic carbocycles. The molecule has 1 N–H and O–H groups in total. The van der Waals surface area contributed by atoms with Crippen LogP contribution in [-0.4, -0.2) is 5.91 Å². The Labute approximate surface area is 114 Å². The van der Waals surface area contributed by atoms with E-state index in [1.54, 1.807) is 0 Å². The van der Waals surface area contributed by atoms with Crippen LogP contribution in [0, 0.1) is 23.7 Å². The smallest absolute Gasteiger partial charge is 0.325 e. The number of anilines is 1. The van der Waals surface area contributed by atoms with Gasteiger partial charge in [0.05, 0.1) is 11.6 Å². The highest BCUT2D eigenvalue weighted by atomic mass is 19.4. The normalized spacial score (nSPS) is 16.9. The molecule has 2 rings (SSSR count). The Kier molecular flexibility index (Phi) is 3.46. The van der Waals surface area contributed by atoms with Gasteiger partial charge in [-0.05, 0) is 43.9 Å². The molecule has 1 aromatic carbocycles. The predicted octanol–water partition coefficient (Wildman–Crippen LogP) is 3.65. The van der Waals surface area contributed by atoms with E-state index in [0.29, 0.717) is 12.8 Å². The third kappa shape index (κ3) is 2.48. The molecule has 0 saturated heterocycles. The van der Waals surface area contributed by atoms with Gasteiger partial charge in [0.15, 0.2) is 0 Å². The van der Waals surface area contributed by atoms with Gasteiger partial charge in [-0.25, -0.2) is 0 Å². The van der Waals surface area contributed by atoms with Crippen molar-refractivity contribution in [2.24, 2.45) is 5.41 Å². The van der Waals surface area contributed by atoms with E-state index >= 15 is 0 Å². The zero-order chi connectivity index (χ0) is 15.0. The maximum atomic E-state index is 12.8. The highest BCUT2D eigenvalue weighted by molar-refractivity contribution is 5.97. The lowest BCUT2D eigenvalue weighted by Crippen LogP contribution is -2.40. The number of rotatable bonds is 2. The number of aryl methyl sites for hydroxylation is 1. The summed E-state index contributed by atoms with van der Waals surface area (Å²) in [5.74, 6) is -0.525. The maximum absolute atomic E-state index is 12.8. The molecule has 1 aromatic rings. The van der Waals surface area contributed by atoms with Crippen LogP contribution in [0.1, 0.15) is 30.4 Å². The van der Waals surface area contributed by atoms with Crippen LogP contribution in [0.3, 0.4) is 0 Å². The van der Waals surface area contributed by atoms with Crippen molar-refractivity contribution in [3.05, 3.63) is 29.3 Å². The first-order valence-electron chi connectivity index (χ1n) is 6.19. The second kappa shape index (κ2) is 4.82. The molecule has 3 nitrogen and oxygen atoms in total. The molecule has 0 unspecified atom stereocenters. The van der Waals surface area contributed by atoms with Crippen molar-refractivity contribution < 1.29 is 18.0 Å². The second-order valence-corrected chi connectivity index (χ2v) is 5.03. The molecule has 1 saturated carbocycles. The van der Waals surface area contributed by atoms with E-state index in [1.165, 1.54) is 19.1 Å². The van der Waals surface area contributed by atoms with Gasteiger partial charge in [-0.15, -0.1) is 0 Å². The number of carbonyl (C=O) groups is 1. The Morgan fingerprint density at radius 3 is 2.50 bits per heavy atom. The van der Waals surface area contributed by atoms with Crippen molar-refractivity contribution in [3.63, 3.8) is 0 Å². The van der Waals surface area contributed by atoms with E-state index in [0.717, 1.165) is 12.5 Å². The summed E-state index contributed by atoms with van der Waals surface area (Å²) in [5, 5.41) is 11.4. The number of alkyl halides is 3. The largest absolute Gasteiger partial charge is 0.416 e.